The van der Waals surface area contributed by atoms with E-state index in [1.807, 2.05) is 51.1 Å². The molecule has 27 heavy (non-hydrogen) atoms. The smallest absolute Gasteiger partial charge is 0.176 e. The molecule has 0 saturated heterocycles. The van der Waals surface area contributed by atoms with Crippen molar-refractivity contribution in [2.45, 2.75) is 40.5 Å². The molecule has 4 heteroatoms. The van der Waals surface area contributed by atoms with Crippen LogP contribution in [0.3, 0.4) is 0 Å². The normalized spacial score (nSPS) is 12.4. The molecule has 0 aromatic heterocycles. The predicted molar refractivity (Wildman–Crippen MR) is 108 cm³/mol. The summed E-state index contributed by atoms with van der Waals surface area (Å²) in [7, 11) is 0. The van der Waals surface area contributed by atoms with Crippen molar-refractivity contribution in [1.29, 1.82) is 5.26 Å². The van der Waals surface area contributed by atoms with Gasteiger partial charge in [0.1, 0.15) is 11.9 Å². The van der Waals surface area contributed by atoms with Crippen LogP contribution in [0.5, 0.6) is 0 Å². The maximum atomic E-state index is 14.2. The molecule has 0 saturated carbocycles. The summed E-state index contributed by atoms with van der Waals surface area (Å²) in [5.41, 5.74) is 4.35. The molecule has 0 spiro atoms. The first-order chi connectivity index (χ1) is 12.9. The number of carbonyl (C=O) groups excluding carboxylic acids is 1. The highest BCUT2D eigenvalue weighted by molar-refractivity contribution is 6.39. The first kappa shape index (κ1) is 20.3. The maximum Gasteiger partial charge on any atom is 0.176 e. The summed E-state index contributed by atoms with van der Waals surface area (Å²) in [5.74, 6) is -0.627. The molecule has 0 aliphatic carbocycles. The number of allylic oxidation sites excluding steroid dienone is 1. The van der Waals surface area contributed by atoms with Gasteiger partial charge in [0.25, 0.3) is 0 Å². The Bertz CT molecular complexity index is 947. The Kier molecular flexibility index (Phi) is 6.79. The number of halogens is 1. The van der Waals surface area contributed by atoms with E-state index in [4.69, 9.17) is 5.26 Å². The summed E-state index contributed by atoms with van der Waals surface area (Å²) < 4.78 is 14.2. The summed E-state index contributed by atoms with van der Waals surface area (Å²) in [5, 5.41) is 8.96. The van der Waals surface area contributed by atoms with Crippen LogP contribution in [-0.4, -0.2) is 11.5 Å². The van der Waals surface area contributed by atoms with E-state index in [9.17, 15) is 9.18 Å². The molecule has 2 aromatic carbocycles. The first-order valence-electron chi connectivity index (χ1n) is 8.93. The highest BCUT2D eigenvalue weighted by atomic mass is 19.1. The molecule has 2 aromatic rings. The van der Waals surface area contributed by atoms with Gasteiger partial charge in [-0.3, -0.25) is 4.79 Å². The van der Waals surface area contributed by atoms with Crippen LogP contribution in [0.25, 0.3) is 11.3 Å². The Labute approximate surface area is 159 Å². The van der Waals surface area contributed by atoms with Crippen LogP contribution >= 0.6 is 0 Å². The van der Waals surface area contributed by atoms with Crippen molar-refractivity contribution in [3.8, 4) is 6.07 Å². The summed E-state index contributed by atoms with van der Waals surface area (Å²) >= 11 is 0. The van der Waals surface area contributed by atoms with Crippen LogP contribution < -0.4 is 0 Å². The fraction of sp³-hybridized carbons (Fsp3) is 0.261. The molecule has 0 bridgehead atoms. The fourth-order valence-electron chi connectivity index (χ4n) is 2.70. The molecule has 3 nitrogen and oxygen atoms in total. The SMILES string of the molecule is CCCC(=O)/C(C)=N\C(=C(/C)c1ccc(C)cc1)c1ccc(C#N)c(F)c1. The third kappa shape index (κ3) is 4.98. The van der Waals surface area contributed by atoms with Crippen LogP contribution in [0.4, 0.5) is 4.39 Å². The fourth-order valence-corrected chi connectivity index (χ4v) is 2.70. The van der Waals surface area contributed by atoms with Gasteiger partial charge in [-0.2, -0.15) is 5.26 Å². The number of rotatable bonds is 6. The number of aliphatic imine (C=N–C) groups is 1. The Morgan fingerprint density at radius 1 is 1.11 bits per heavy atom. The van der Waals surface area contributed by atoms with Crippen LogP contribution in [0.15, 0.2) is 47.5 Å². The third-order valence-corrected chi connectivity index (χ3v) is 4.36. The van der Waals surface area contributed by atoms with Crippen molar-refractivity contribution in [3.63, 3.8) is 0 Å². The molecule has 0 unspecified atom stereocenters. The van der Waals surface area contributed by atoms with E-state index in [1.165, 1.54) is 12.1 Å². The monoisotopic (exact) mass is 362 g/mol. The van der Waals surface area contributed by atoms with Crippen LogP contribution in [0.2, 0.25) is 0 Å². The van der Waals surface area contributed by atoms with Crippen LogP contribution in [0.1, 0.15) is 55.9 Å². The van der Waals surface area contributed by atoms with Gasteiger partial charge >= 0.3 is 0 Å². The van der Waals surface area contributed by atoms with E-state index in [0.717, 1.165) is 23.1 Å². The van der Waals surface area contributed by atoms with Crippen molar-refractivity contribution in [2.24, 2.45) is 4.99 Å². The van der Waals surface area contributed by atoms with Crippen molar-refractivity contribution in [3.05, 3.63) is 70.5 Å². The topological polar surface area (TPSA) is 53.2 Å². The van der Waals surface area contributed by atoms with Gasteiger partial charge in [-0.05, 0) is 50.5 Å². The number of nitriles is 1. The van der Waals surface area contributed by atoms with Gasteiger partial charge in [-0.25, -0.2) is 9.38 Å². The summed E-state index contributed by atoms with van der Waals surface area (Å²) in [4.78, 5) is 16.8. The van der Waals surface area contributed by atoms with Crippen LogP contribution in [0, 0.1) is 24.1 Å². The second kappa shape index (κ2) is 9.05. The third-order valence-electron chi connectivity index (χ3n) is 4.36. The Morgan fingerprint density at radius 3 is 2.30 bits per heavy atom. The number of nitrogens with zero attached hydrogens (tertiary/aromatic N) is 2. The van der Waals surface area contributed by atoms with Crippen molar-refractivity contribution >= 4 is 22.8 Å². The lowest BCUT2D eigenvalue weighted by Crippen LogP contribution is -2.09. The number of Topliss-reactive ketones (excluding diaryl/α,β-unsaturated/α-hetero) is 1. The van der Waals surface area contributed by atoms with Gasteiger partial charge in [0.15, 0.2) is 5.78 Å². The lowest BCUT2D eigenvalue weighted by atomic mass is 9.99. The lowest BCUT2D eigenvalue weighted by Gasteiger charge is -2.11. The van der Waals surface area contributed by atoms with Crippen molar-refractivity contribution < 1.29 is 9.18 Å². The zero-order valence-electron chi connectivity index (χ0n) is 16.1. The molecular formula is C23H23FN2O. The van der Waals surface area contributed by atoms with Crippen LogP contribution in [-0.2, 0) is 4.79 Å². The average Bonchev–Trinajstić information content (AvgIpc) is 2.66. The molecule has 0 fully saturated rings. The minimum Gasteiger partial charge on any atom is -0.293 e. The number of ketones is 1. The minimum absolute atomic E-state index is 0.0196. The van der Waals surface area contributed by atoms with Crippen molar-refractivity contribution in [2.75, 3.05) is 0 Å². The summed E-state index contributed by atoms with van der Waals surface area (Å²) in [6.45, 7) is 7.53. The average molecular weight is 362 g/mol. The Balaban J connectivity index is 2.65. The zero-order chi connectivity index (χ0) is 20.0. The Morgan fingerprint density at radius 2 is 1.74 bits per heavy atom. The second-order valence-corrected chi connectivity index (χ2v) is 6.52. The number of carbonyl (C=O) groups is 1. The number of benzene rings is 2. The van der Waals surface area contributed by atoms with Crippen molar-refractivity contribution in [1.82, 2.24) is 0 Å². The highest BCUT2D eigenvalue weighted by Crippen LogP contribution is 2.29. The molecule has 0 amide bonds. The molecule has 138 valence electrons. The quantitative estimate of drug-likeness (QED) is 0.487. The van der Waals surface area contributed by atoms with E-state index in [1.54, 1.807) is 13.0 Å². The first-order valence-corrected chi connectivity index (χ1v) is 8.93. The summed E-state index contributed by atoms with van der Waals surface area (Å²) in [6, 6.07) is 14.2. The van der Waals surface area contributed by atoms with E-state index in [0.29, 0.717) is 23.4 Å². The number of aryl methyl sites for hydroxylation is 1. The van der Waals surface area contributed by atoms with Gasteiger partial charge in [0.05, 0.1) is 17.0 Å². The standard InChI is InChI=1S/C23H23FN2O/c1-5-6-22(27)17(4)26-23(16(3)18-9-7-15(2)8-10-18)19-11-12-20(14-25)21(24)13-19/h7-13H,5-6H2,1-4H3/b23-16+,26-17-. The Hall–Kier alpha value is -3.06. The molecule has 0 aliphatic heterocycles. The van der Waals surface area contributed by atoms with Gasteiger partial charge in [0, 0.05) is 12.0 Å². The predicted octanol–water partition coefficient (Wildman–Crippen LogP) is 5.72. The lowest BCUT2D eigenvalue weighted by molar-refractivity contribution is -0.113. The van der Waals surface area contributed by atoms with E-state index >= 15 is 0 Å². The molecule has 0 atom stereocenters. The molecule has 0 heterocycles. The van der Waals surface area contributed by atoms with Gasteiger partial charge in [-0.15, -0.1) is 0 Å². The van der Waals surface area contributed by atoms with Gasteiger partial charge in [-0.1, -0.05) is 42.8 Å². The number of hydrogen-bond donors (Lipinski definition) is 0. The number of hydrogen-bond acceptors (Lipinski definition) is 3. The van der Waals surface area contributed by atoms with E-state index in [2.05, 4.69) is 4.99 Å². The molecule has 0 radical (unpaired) electrons. The second-order valence-electron chi connectivity index (χ2n) is 6.52. The highest BCUT2D eigenvalue weighted by Gasteiger charge is 2.13. The van der Waals surface area contributed by atoms with Gasteiger partial charge < -0.3 is 0 Å². The largest absolute Gasteiger partial charge is 0.293 e. The zero-order valence-corrected chi connectivity index (χ0v) is 16.1. The van der Waals surface area contributed by atoms with E-state index in [-0.39, 0.29) is 11.3 Å². The molecule has 2 rings (SSSR count). The van der Waals surface area contributed by atoms with Gasteiger partial charge in [0.2, 0.25) is 0 Å². The maximum absolute atomic E-state index is 14.2. The molecular weight excluding hydrogens is 339 g/mol. The minimum atomic E-state index is -0.600. The van der Waals surface area contributed by atoms with E-state index < -0.39 is 5.82 Å². The molecule has 0 N–H and O–H groups in total. The summed E-state index contributed by atoms with van der Waals surface area (Å²) in [6.07, 6.45) is 1.17. The molecule has 0 aliphatic rings.